The van der Waals surface area contributed by atoms with Crippen molar-refractivity contribution in [2.45, 2.75) is 18.7 Å². The van der Waals surface area contributed by atoms with Gasteiger partial charge in [0.25, 0.3) is 10.0 Å². The fraction of sp³-hybridized carbons (Fsp3) is 0.154. The van der Waals surface area contributed by atoms with E-state index >= 15 is 0 Å². The van der Waals surface area contributed by atoms with Crippen molar-refractivity contribution in [1.29, 1.82) is 0 Å². The number of anilines is 2. The first kappa shape index (κ1) is 14.3. The maximum atomic E-state index is 13.8. The number of aromatic nitrogens is 1. The van der Waals surface area contributed by atoms with Gasteiger partial charge >= 0.3 is 0 Å². The quantitative estimate of drug-likeness (QED) is 0.850. The maximum absolute atomic E-state index is 13.8. The SMILES string of the molecule is Cc1cc(F)c(S(=O)(=O)Nc2ncccc2C)cc1N. The van der Waals surface area contributed by atoms with Crippen LogP contribution >= 0.6 is 0 Å². The fourth-order valence-corrected chi connectivity index (χ4v) is 2.83. The molecular weight excluding hydrogens is 281 g/mol. The molecule has 0 saturated heterocycles. The highest BCUT2D eigenvalue weighted by Crippen LogP contribution is 2.23. The van der Waals surface area contributed by atoms with Crippen LogP contribution < -0.4 is 10.5 Å². The summed E-state index contributed by atoms with van der Waals surface area (Å²) in [5.74, 6) is -0.691. The van der Waals surface area contributed by atoms with Gasteiger partial charge in [-0.05, 0) is 43.2 Å². The van der Waals surface area contributed by atoms with Crippen molar-refractivity contribution < 1.29 is 12.8 Å². The zero-order valence-electron chi connectivity index (χ0n) is 11.0. The molecule has 0 aliphatic heterocycles. The van der Waals surface area contributed by atoms with Gasteiger partial charge in [0.15, 0.2) is 0 Å². The molecule has 1 aromatic heterocycles. The summed E-state index contributed by atoms with van der Waals surface area (Å²) in [6.45, 7) is 3.30. The smallest absolute Gasteiger partial charge is 0.266 e. The summed E-state index contributed by atoms with van der Waals surface area (Å²) in [5.41, 5.74) is 6.97. The van der Waals surface area contributed by atoms with E-state index in [1.807, 2.05) is 0 Å². The second-order valence-electron chi connectivity index (χ2n) is 4.41. The van der Waals surface area contributed by atoms with Gasteiger partial charge in [0, 0.05) is 11.9 Å². The zero-order chi connectivity index (χ0) is 14.9. The molecule has 0 unspecified atom stereocenters. The molecule has 1 heterocycles. The molecule has 0 radical (unpaired) electrons. The monoisotopic (exact) mass is 295 g/mol. The number of nitrogen functional groups attached to an aromatic ring is 1. The lowest BCUT2D eigenvalue weighted by Crippen LogP contribution is -2.16. The molecule has 106 valence electrons. The maximum Gasteiger partial charge on any atom is 0.266 e. The largest absolute Gasteiger partial charge is 0.398 e. The Bertz CT molecular complexity index is 760. The van der Waals surface area contributed by atoms with Crippen LogP contribution in [-0.4, -0.2) is 13.4 Å². The fourth-order valence-electron chi connectivity index (χ4n) is 1.65. The summed E-state index contributed by atoms with van der Waals surface area (Å²) in [7, 11) is -4.07. The molecule has 7 heteroatoms. The predicted octanol–water partition coefficient (Wildman–Crippen LogP) is 2.22. The van der Waals surface area contributed by atoms with Gasteiger partial charge in [-0.2, -0.15) is 0 Å². The number of nitrogens with zero attached hydrogens (tertiary/aromatic N) is 1. The van der Waals surface area contributed by atoms with E-state index in [1.54, 1.807) is 26.0 Å². The molecule has 0 atom stereocenters. The molecule has 0 aliphatic rings. The average Bonchev–Trinajstić information content (AvgIpc) is 2.36. The first-order valence-electron chi connectivity index (χ1n) is 5.81. The second-order valence-corrected chi connectivity index (χ2v) is 6.06. The average molecular weight is 295 g/mol. The molecular formula is C13H14FN3O2S. The van der Waals surface area contributed by atoms with E-state index in [1.165, 1.54) is 6.20 Å². The van der Waals surface area contributed by atoms with Crippen LogP contribution in [0.2, 0.25) is 0 Å². The number of halogens is 1. The van der Waals surface area contributed by atoms with Crippen molar-refractivity contribution in [3.63, 3.8) is 0 Å². The van der Waals surface area contributed by atoms with E-state index in [2.05, 4.69) is 9.71 Å². The van der Waals surface area contributed by atoms with Gasteiger partial charge in [0.05, 0.1) is 0 Å². The number of rotatable bonds is 3. The molecule has 20 heavy (non-hydrogen) atoms. The van der Waals surface area contributed by atoms with Crippen molar-refractivity contribution in [3.8, 4) is 0 Å². The highest BCUT2D eigenvalue weighted by atomic mass is 32.2. The zero-order valence-corrected chi connectivity index (χ0v) is 11.8. The highest BCUT2D eigenvalue weighted by Gasteiger charge is 2.21. The van der Waals surface area contributed by atoms with E-state index in [0.717, 1.165) is 12.1 Å². The Morgan fingerprint density at radius 1 is 1.25 bits per heavy atom. The Kier molecular flexibility index (Phi) is 3.63. The first-order chi connectivity index (χ1) is 9.31. The lowest BCUT2D eigenvalue weighted by Gasteiger charge is -2.11. The molecule has 0 aliphatic carbocycles. The number of hydrogen-bond acceptors (Lipinski definition) is 4. The topological polar surface area (TPSA) is 85.1 Å². The number of aryl methyl sites for hydroxylation is 2. The van der Waals surface area contributed by atoms with E-state index in [9.17, 15) is 12.8 Å². The minimum Gasteiger partial charge on any atom is -0.398 e. The summed E-state index contributed by atoms with van der Waals surface area (Å²) in [5, 5.41) is 0. The van der Waals surface area contributed by atoms with Gasteiger partial charge < -0.3 is 5.73 Å². The number of hydrogen-bond donors (Lipinski definition) is 2. The van der Waals surface area contributed by atoms with Gasteiger partial charge in [0.2, 0.25) is 0 Å². The Balaban J connectivity index is 2.47. The van der Waals surface area contributed by atoms with Gasteiger partial charge in [-0.1, -0.05) is 6.07 Å². The number of nitrogens with one attached hydrogen (secondary N) is 1. The summed E-state index contributed by atoms with van der Waals surface area (Å²) in [6, 6.07) is 5.57. The second kappa shape index (κ2) is 5.09. The Labute approximate surface area is 116 Å². The molecule has 0 amide bonds. The summed E-state index contributed by atoms with van der Waals surface area (Å²) < 4.78 is 40.5. The molecule has 0 spiro atoms. The van der Waals surface area contributed by atoms with E-state index in [4.69, 9.17) is 5.73 Å². The van der Waals surface area contributed by atoms with E-state index < -0.39 is 20.7 Å². The Morgan fingerprint density at radius 3 is 2.60 bits per heavy atom. The number of pyridine rings is 1. The molecule has 3 N–H and O–H groups in total. The van der Waals surface area contributed by atoms with Crippen LogP contribution in [0.3, 0.4) is 0 Å². The van der Waals surface area contributed by atoms with E-state index in [-0.39, 0.29) is 11.5 Å². The predicted molar refractivity (Wildman–Crippen MR) is 75.3 cm³/mol. The van der Waals surface area contributed by atoms with Gasteiger partial charge in [-0.25, -0.2) is 17.8 Å². The van der Waals surface area contributed by atoms with Crippen LogP contribution in [0.5, 0.6) is 0 Å². The van der Waals surface area contributed by atoms with Gasteiger partial charge in [0.1, 0.15) is 16.5 Å². The lowest BCUT2D eigenvalue weighted by molar-refractivity contribution is 0.570. The molecule has 0 saturated carbocycles. The lowest BCUT2D eigenvalue weighted by atomic mass is 10.2. The van der Waals surface area contributed by atoms with Gasteiger partial charge in [-0.3, -0.25) is 4.72 Å². The third kappa shape index (κ3) is 2.72. The molecule has 1 aromatic carbocycles. The third-order valence-electron chi connectivity index (χ3n) is 2.85. The van der Waals surface area contributed by atoms with E-state index in [0.29, 0.717) is 11.1 Å². The standard InChI is InChI=1S/C13H14FN3O2S/c1-8-4-3-5-16-13(8)17-20(18,19)12-7-11(15)9(2)6-10(12)14/h3-7H,15H2,1-2H3,(H,16,17). The van der Waals surface area contributed by atoms with Crippen molar-refractivity contribution in [2.75, 3.05) is 10.5 Å². The van der Waals surface area contributed by atoms with Crippen molar-refractivity contribution >= 4 is 21.5 Å². The molecule has 0 bridgehead atoms. The van der Waals surface area contributed by atoms with Crippen LogP contribution in [-0.2, 0) is 10.0 Å². The number of sulfonamides is 1. The molecule has 0 fully saturated rings. The summed E-state index contributed by atoms with van der Waals surface area (Å²) in [4.78, 5) is 3.42. The Hall–Kier alpha value is -2.15. The summed E-state index contributed by atoms with van der Waals surface area (Å²) in [6.07, 6.45) is 1.45. The first-order valence-corrected chi connectivity index (χ1v) is 7.29. The normalized spacial score (nSPS) is 11.3. The van der Waals surface area contributed by atoms with Crippen LogP contribution in [0.4, 0.5) is 15.9 Å². The number of nitrogens with two attached hydrogens (primary N) is 1. The highest BCUT2D eigenvalue weighted by molar-refractivity contribution is 7.92. The summed E-state index contributed by atoms with van der Waals surface area (Å²) >= 11 is 0. The molecule has 2 rings (SSSR count). The minimum absolute atomic E-state index is 0.158. The minimum atomic E-state index is -4.07. The Morgan fingerprint density at radius 2 is 1.95 bits per heavy atom. The number of benzene rings is 1. The van der Waals surface area contributed by atoms with Gasteiger partial charge in [-0.15, -0.1) is 0 Å². The van der Waals surface area contributed by atoms with Crippen LogP contribution in [0, 0.1) is 19.7 Å². The molecule has 5 nitrogen and oxygen atoms in total. The van der Waals surface area contributed by atoms with Crippen LogP contribution in [0.15, 0.2) is 35.4 Å². The van der Waals surface area contributed by atoms with Crippen LogP contribution in [0.25, 0.3) is 0 Å². The van der Waals surface area contributed by atoms with Crippen molar-refractivity contribution in [3.05, 3.63) is 47.4 Å². The third-order valence-corrected chi connectivity index (χ3v) is 4.20. The van der Waals surface area contributed by atoms with Crippen molar-refractivity contribution in [1.82, 2.24) is 4.98 Å². The van der Waals surface area contributed by atoms with Crippen molar-refractivity contribution in [2.24, 2.45) is 0 Å². The van der Waals surface area contributed by atoms with Crippen LogP contribution in [0.1, 0.15) is 11.1 Å². The molecule has 2 aromatic rings.